The molecule has 1 heteroatoms. The summed E-state index contributed by atoms with van der Waals surface area (Å²) in [4.78, 5) is 0. The van der Waals surface area contributed by atoms with Gasteiger partial charge in [-0.15, -0.1) is 11.8 Å². The van der Waals surface area contributed by atoms with Crippen molar-refractivity contribution in [3.05, 3.63) is 0 Å². The molecule has 1 rings (SSSR count). The van der Waals surface area contributed by atoms with Gasteiger partial charge in [0.15, 0.2) is 0 Å². The maximum absolute atomic E-state index is 3.61. The molecule has 3 unspecified atom stereocenters. The van der Waals surface area contributed by atoms with Gasteiger partial charge in [0.05, 0.1) is 0 Å². The molecule has 1 fully saturated rings. The van der Waals surface area contributed by atoms with Crippen molar-refractivity contribution in [1.82, 2.24) is 5.32 Å². The second-order valence-electron chi connectivity index (χ2n) is 6.17. The van der Waals surface area contributed by atoms with Crippen molar-refractivity contribution in [1.29, 1.82) is 0 Å². The molecular formula is C17H31N. The first-order chi connectivity index (χ1) is 8.69. The van der Waals surface area contributed by atoms with E-state index in [-0.39, 0.29) is 0 Å². The van der Waals surface area contributed by atoms with E-state index in [0.29, 0.717) is 0 Å². The highest BCUT2D eigenvalue weighted by Crippen LogP contribution is 2.38. The molecule has 0 bridgehead atoms. The zero-order valence-electron chi connectivity index (χ0n) is 12.8. The SMILES string of the molecule is CC#CCC1CC(C(C)C)CCC1CNCCC. The van der Waals surface area contributed by atoms with Gasteiger partial charge in [-0.3, -0.25) is 0 Å². The minimum Gasteiger partial charge on any atom is -0.316 e. The van der Waals surface area contributed by atoms with Crippen molar-refractivity contribution in [2.45, 2.75) is 59.8 Å². The molecule has 1 nitrogen and oxygen atoms in total. The van der Waals surface area contributed by atoms with Gasteiger partial charge in [0.25, 0.3) is 0 Å². The molecule has 0 aromatic carbocycles. The quantitative estimate of drug-likeness (QED) is 0.552. The van der Waals surface area contributed by atoms with Gasteiger partial charge in [0.2, 0.25) is 0 Å². The molecule has 0 saturated heterocycles. The molecule has 1 N–H and O–H groups in total. The van der Waals surface area contributed by atoms with Gasteiger partial charge in [-0.05, 0) is 69.4 Å². The van der Waals surface area contributed by atoms with Crippen molar-refractivity contribution in [2.75, 3.05) is 13.1 Å². The number of hydrogen-bond acceptors (Lipinski definition) is 1. The number of hydrogen-bond donors (Lipinski definition) is 1. The molecule has 0 heterocycles. The van der Waals surface area contributed by atoms with Crippen molar-refractivity contribution in [2.24, 2.45) is 23.7 Å². The highest BCUT2D eigenvalue weighted by molar-refractivity contribution is 4.99. The Bertz CT molecular complexity index is 271. The first-order valence-corrected chi connectivity index (χ1v) is 7.79. The highest BCUT2D eigenvalue weighted by Gasteiger charge is 2.30. The van der Waals surface area contributed by atoms with E-state index >= 15 is 0 Å². The Balaban J connectivity index is 2.50. The third-order valence-corrected chi connectivity index (χ3v) is 4.50. The molecule has 1 saturated carbocycles. The molecule has 0 aliphatic heterocycles. The molecule has 18 heavy (non-hydrogen) atoms. The molecule has 1 aliphatic carbocycles. The van der Waals surface area contributed by atoms with E-state index in [1.54, 1.807) is 0 Å². The normalized spacial score (nSPS) is 27.9. The second kappa shape index (κ2) is 8.59. The van der Waals surface area contributed by atoms with Crippen molar-refractivity contribution in [3.8, 4) is 11.8 Å². The van der Waals surface area contributed by atoms with Crippen LogP contribution in [0.2, 0.25) is 0 Å². The zero-order chi connectivity index (χ0) is 13.4. The minimum atomic E-state index is 0.822. The first-order valence-electron chi connectivity index (χ1n) is 7.79. The van der Waals surface area contributed by atoms with Crippen molar-refractivity contribution < 1.29 is 0 Å². The summed E-state index contributed by atoms with van der Waals surface area (Å²) in [6, 6.07) is 0. The Hall–Kier alpha value is -0.480. The second-order valence-corrected chi connectivity index (χ2v) is 6.17. The predicted molar refractivity (Wildman–Crippen MR) is 80.4 cm³/mol. The summed E-state index contributed by atoms with van der Waals surface area (Å²) in [5, 5.41) is 3.61. The van der Waals surface area contributed by atoms with Crippen LogP contribution in [-0.4, -0.2) is 13.1 Å². The van der Waals surface area contributed by atoms with E-state index in [1.807, 2.05) is 6.92 Å². The van der Waals surface area contributed by atoms with Crippen LogP contribution in [0.3, 0.4) is 0 Å². The van der Waals surface area contributed by atoms with Crippen LogP contribution >= 0.6 is 0 Å². The van der Waals surface area contributed by atoms with Crippen molar-refractivity contribution >= 4 is 0 Å². The minimum absolute atomic E-state index is 0.822. The van der Waals surface area contributed by atoms with E-state index < -0.39 is 0 Å². The summed E-state index contributed by atoms with van der Waals surface area (Å²) >= 11 is 0. The summed E-state index contributed by atoms with van der Waals surface area (Å²) in [5.74, 6) is 9.84. The molecule has 1 aliphatic rings. The molecule has 0 radical (unpaired) electrons. The van der Waals surface area contributed by atoms with Crippen LogP contribution in [0.1, 0.15) is 59.8 Å². The lowest BCUT2D eigenvalue weighted by Crippen LogP contribution is -2.34. The predicted octanol–water partition coefficient (Wildman–Crippen LogP) is 4.09. The summed E-state index contributed by atoms with van der Waals surface area (Å²) < 4.78 is 0. The molecule has 0 aromatic heterocycles. The fourth-order valence-electron chi connectivity index (χ4n) is 3.18. The topological polar surface area (TPSA) is 12.0 Å². The Morgan fingerprint density at radius 2 is 2.00 bits per heavy atom. The van der Waals surface area contributed by atoms with E-state index in [1.165, 1.54) is 32.2 Å². The fraction of sp³-hybridized carbons (Fsp3) is 0.882. The van der Waals surface area contributed by atoms with Crippen LogP contribution in [0.5, 0.6) is 0 Å². The third kappa shape index (κ3) is 5.02. The Morgan fingerprint density at radius 1 is 1.22 bits per heavy atom. The molecule has 0 aromatic rings. The van der Waals surface area contributed by atoms with Gasteiger partial charge in [0, 0.05) is 6.42 Å². The average molecular weight is 249 g/mol. The first kappa shape index (κ1) is 15.6. The van der Waals surface area contributed by atoms with Gasteiger partial charge in [0.1, 0.15) is 0 Å². The number of nitrogens with one attached hydrogen (secondary N) is 1. The maximum Gasteiger partial charge on any atom is 0.0120 e. The molecular weight excluding hydrogens is 218 g/mol. The van der Waals surface area contributed by atoms with Crippen LogP contribution < -0.4 is 5.32 Å². The molecule has 0 amide bonds. The number of rotatable bonds is 6. The Kier molecular flexibility index (Phi) is 7.44. The van der Waals surface area contributed by atoms with Crippen LogP contribution in [0.15, 0.2) is 0 Å². The summed E-state index contributed by atoms with van der Waals surface area (Å²) in [5.41, 5.74) is 0. The van der Waals surface area contributed by atoms with E-state index in [9.17, 15) is 0 Å². The largest absolute Gasteiger partial charge is 0.316 e. The third-order valence-electron chi connectivity index (χ3n) is 4.50. The summed E-state index contributed by atoms with van der Waals surface area (Å²) in [6.07, 6.45) is 6.56. The van der Waals surface area contributed by atoms with E-state index in [4.69, 9.17) is 0 Å². The molecule has 0 spiro atoms. The zero-order valence-corrected chi connectivity index (χ0v) is 12.8. The lowest BCUT2D eigenvalue weighted by atomic mass is 9.69. The van der Waals surface area contributed by atoms with Crippen LogP contribution in [0.4, 0.5) is 0 Å². The lowest BCUT2D eigenvalue weighted by molar-refractivity contribution is 0.148. The summed E-state index contributed by atoms with van der Waals surface area (Å²) in [6.45, 7) is 11.3. The Morgan fingerprint density at radius 3 is 2.61 bits per heavy atom. The van der Waals surface area contributed by atoms with Crippen LogP contribution in [0, 0.1) is 35.5 Å². The van der Waals surface area contributed by atoms with E-state index in [0.717, 1.165) is 36.6 Å². The van der Waals surface area contributed by atoms with Crippen LogP contribution in [-0.2, 0) is 0 Å². The Labute approximate surface area is 114 Å². The van der Waals surface area contributed by atoms with Gasteiger partial charge in [-0.25, -0.2) is 0 Å². The van der Waals surface area contributed by atoms with Crippen LogP contribution in [0.25, 0.3) is 0 Å². The van der Waals surface area contributed by atoms with Gasteiger partial charge in [-0.1, -0.05) is 20.8 Å². The maximum atomic E-state index is 3.61. The highest BCUT2D eigenvalue weighted by atomic mass is 14.9. The van der Waals surface area contributed by atoms with E-state index in [2.05, 4.69) is 37.9 Å². The lowest BCUT2D eigenvalue weighted by Gasteiger charge is -2.37. The monoisotopic (exact) mass is 249 g/mol. The summed E-state index contributed by atoms with van der Waals surface area (Å²) in [7, 11) is 0. The average Bonchev–Trinajstić information content (AvgIpc) is 2.37. The van der Waals surface area contributed by atoms with Gasteiger partial charge < -0.3 is 5.32 Å². The smallest absolute Gasteiger partial charge is 0.0120 e. The molecule has 104 valence electrons. The van der Waals surface area contributed by atoms with Gasteiger partial charge >= 0.3 is 0 Å². The van der Waals surface area contributed by atoms with Crippen molar-refractivity contribution in [3.63, 3.8) is 0 Å². The van der Waals surface area contributed by atoms with Gasteiger partial charge in [-0.2, -0.15) is 0 Å². The molecule has 3 atom stereocenters. The standard InChI is InChI=1S/C17H31N/c1-5-7-8-16-12-15(14(3)4)9-10-17(16)13-18-11-6-2/h14-18H,6,8-13H2,1-4H3. The fourth-order valence-corrected chi connectivity index (χ4v) is 3.18.